The SMILES string of the molecule is O=S(=O)(O)C(CCN1CCOCC1)c1cccc(Cl)c1. The lowest BCUT2D eigenvalue weighted by Crippen LogP contribution is -2.37. The summed E-state index contributed by atoms with van der Waals surface area (Å²) in [6, 6.07) is 6.61. The summed E-state index contributed by atoms with van der Waals surface area (Å²) in [5.74, 6) is 0. The zero-order valence-corrected chi connectivity index (χ0v) is 12.6. The zero-order valence-electron chi connectivity index (χ0n) is 11.0. The second-order valence-corrected chi connectivity index (χ2v) is 6.84. The van der Waals surface area contributed by atoms with Crippen LogP contribution in [0.4, 0.5) is 0 Å². The van der Waals surface area contributed by atoms with Crippen LogP contribution in [0.1, 0.15) is 17.2 Å². The molecule has 0 radical (unpaired) electrons. The second kappa shape index (κ2) is 6.87. The van der Waals surface area contributed by atoms with Crippen molar-refractivity contribution in [2.75, 3.05) is 32.8 Å². The monoisotopic (exact) mass is 319 g/mol. The number of hydrogen-bond donors (Lipinski definition) is 1. The van der Waals surface area contributed by atoms with Crippen molar-refractivity contribution in [2.24, 2.45) is 0 Å². The molecule has 1 heterocycles. The smallest absolute Gasteiger partial charge is 0.272 e. The van der Waals surface area contributed by atoms with Crippen molar-refractivity contribution in [1.29, 1.82) is 0 Å². The van der Waals surface area contributed by atoms with Crippen molar-refractivity contribution in [1.82, 2.24) is 4.90 Å². The molecular formula is C13H18ClNO4S. The second-order valence-electron chi connectivity index (χ2n) is 4.80. The summed E-state index contributed by atoms with van der Waals surface area (Å²) in [5, 5.41) is -0.480. The van der Waals surface area contributed by atoms with Crippen molar-refractivity contribution in [3.63, 3.8) is 0 Å². The van der Waals surface area contributed by atoms with E-state index in [1.807, 2.05) is 0 Å². The predicted octanol–water partition coefficient (Wildman–Crippen LogP) is 1.99. The van der Waals surface area contributed by atoms with Crippen LogP contribution < -0.4 is 0 Å². The molecule has 1 atom stereocenters. The topological polar surface area (TPSA) is 66.8 Å². The first-order chi connectivity index (χ1) is 9.47. The standard InChI is InChI=1S/C13H18ClNO4S/c14-12-3-1-2-11(10-12)13(20(16,17)18)4-5-15-6-8-19-9-7-15/h1-3,10,13H,4-9H2,(H,16,17,18). The molecule has 7 heteroatoms. The molecule has 1 saturated heterocycles. The third-order valence-electron chi connectivity index (χ3n) is 3.39. The summed E-state index contributed by atoms with van der Waals surface area (Å²) < 4.78 is 37.9. The van der Waals surface area contributed by atoms with Gasteiger partial charge in [-0.2, -0.15) is 8.42 Å². The Morgan fingerprint density at radius 3 is 2.65 bits per heavy atom. The average Bonchev–Trinajstić information content (AvgIpc) is 2.39. The average molecular weight is 320 g/mol. The molecule has 1 aliphatic heterocycles. The van der Waals surface area contributed by atoms with Gasteiger partial charge in [0.15, 0.2) is 0 Å². The van der Waals surface area contributed by atoms with E-state index in [0.717, 1.165) is 13.1 Å². The molecule has 0 aromatic heterocycles. The largest absolute Gasteiger partial charge is 0.379 e. The summed E-state index contributed by atoms with van der Waals surface area (Å²) in [6.07, 6.45) is 0.333. The molecule has 0 saturated carbocycles. The van der Waals surface area contributed by atoms with Crippen LogP contribution in [0.2, 0.25) is 5.02 Å². The highest BCUT2D eigenvalue weighted by atomic mass is 35.5. The molecular weight excluding hydrogens is 302 g/mol. The highest BCUT2D eigenvalue weighted by Gasteiger charge is 2.26. The fraction of sp³-hybridized carbons (Fsp3) is 0.538. The third-order valence-corrected chi connectivity index (χ3v) is 4.85. The molecule has 0 spiro atoms. The highest BCUT2D eigenvalue weighted by molar-refractivity contribution is 7.86. The van der Waals surface area contributed by atoms with Crippen LogP contribution in [0, 0.1) is 0 Å². The lowest BCUT2D eigenvalue weighted by Gasteiger charge is -2.27. The fourth-order valence-corrected chi connectivity index (χ4v) is 3.41. The number of ether oxygens (including phenoxy) is 1. The summed E-state index contributed by atoms with van der Waals surface area (Å²) in [7, 11) is -4.15. The minimum Gasteiger partial charge on any atom is -0.379 e. The number of hydrogen-bond acceptors (Lipinski definition) is 4. The van der Waals surface area contributed by atoms with E-state index in [4.69, 9.17) is 16.3 Å². The van der Waals surface area contributed by atoms with Gasteiger partial charge < -0.3 is 4.74 Å². The van der Waals surface area contributed by atoms with Gasteiger partial charge in [-0.1, -0.05) is 23.7 Å². The molecule has 1 N–H and O–H groups in total. The van der Waals surface area contributed by atoms with Gasteiger partial charge in [-0.3, -0.25) is 9.45 Å². The number of morpholine rings is 1. The maximum absolute atomic E-state index is 11.6. The Kier molecular flexibility index (Phi) is 5.40. The van der Waals surface area contributed by atoms with Gasteiger partial charge in [0.1, 0.15) is 5.25 Å². The van der Waals surface area contributed by atoms with Crippen LogP contribution in [0.25, 0.3) is 0 Å². The number of halogens is 1. The summed E-state index contributed by atoms with van der Waals surface area (Å²) in [5.41, 5.74) is 0.522. The van der Waals surface area contributed by atoms with Gasteiger partial charge >= 0.3 is 0 Å². The van der Waals surface area contributed by atoms with Crippen molar-refractivity contribution in [3.05, 3.63) is 34.9 Å². The molecule has 2 rings (SSSR count). The van der Waals surface area contributed by atoms with Gasteiger partial charge in [-0.05, 0) is 30.7 Å². The molecule has 0 amide bonds. The van der Waals surface area contributed by atoms with Crippen LogP contribution in [-0.2, 0) is 14.9 Å². The molecule has 0 bridgehead atoms. The minimum atomic E-state index is -4.15. The minimum absolute atomic E-state index is 0.333. The molecule has 1 unspecified atom stereocenters. The van der Waals surface area contributed by atoms with E-state index in [1.54, 1.807) is 24.3 Å². The van der Waals surface area contributed by atoms with Gasteiger partial charge in [0.25, 0.3) is 10.1 Å². The fourth-order valence-electron chi connectivity index (χ4n) is 2.32. The Morgan fingerprint density at radius 1 is 1.35 bits per heavy atom. The van der Waals surface area contributed by atoms with Crippen LogP contribution in [0.15, 0.2) is 24.3 Å². The molecule has 1 aromatic carbocycles. The van der Waals surface area contributed by atoms with Gasteiger partial charge in [0.2, 0.25) is 0 Å². The molecule has 1 fully saturated rings. The van der Waals surface area contributed by atoms with Gasteiger partial charge in [-0.15, -0.1) is 0 Å². The predicted molar refractivity (Wildman–Crippen MR) is 77.6 cm³/mol. The zero-order chi connectivity index (χ0) is 14.6. The first-order valence-electron chi connectivity index (χ1n) is 6.48. The molecule has 1 aromatic rings. The van der Waals surface area contributed by atoms with E-state index >= 15 is 0 Å². The molecule has 5 nitrogen and oxygen atoms in total. The lowest BCUT2D eigenvalue weighted by atomic mass is 10.1. The first kappa shape index (κ1) is 15.7. The van der Waals surface area contributed by atoms with E-state index in [-0.39, 0.29) is 0 Å². The van der Waals surface area contributed by atoms with Crippen LogP contribution in [-0.4, -0.2) is 50.7 Å². The van der Waals surface area contributed by atoms with E-state index < -0.39 is 15.4 Å². The summed E-state index contributed by atoms with van der Waals surface area (Å²) >= 11 is 5.88. The van der Waals surface area contributed by atoms with Crippen molar-refractivity contribution in [3.8, 4) is 0 Å². The molecule has 0 aliphatic carbocycles. The van der Waals surface area contributed by atoms with Crippen LogP contribution >= 0.6 is 11.6 Å². The normalized spacial score (nSPS) is 18.9. The molecule has 1 aliphatic rings. The number of benzene rings is 1. The number of nitrogens with zero attached hydrogens (tertiary/aromatic N) is 1. The highest BCUT2D eigenvalue weighted by Crippen LogP contribution is 2.27. The first-order valence-corrected chi connectivity index (χ1v) is 8.37. The van der Waals surface area contributed by atoms with Gasteiger partial charge in [0, 0.05) is 18.1 Å². The Balaban J connectivity index is 2.08. The van der Waals surface area contributed by atoms with Crippen molar-refractivity contribution in [2.45, 2.75) is 11.7 Å². The quantitative estimate of drug-likeness (QED) is 0.841. The lowest BCUT2D eigenvalue weighted by molar-refractivity contribution is 0.0372. The summed E-state index contributed by atoms with van der Waals surface area (Å²) in [6.45, 7) is 3.49. The van der Waals surface area contributed by atoms with E-state index in [0.29, 0.717) is 36.8 Å². The van der Waals surface area contributed by atoms with Crippen molar-refractivity contribution < 1.29 is 17.7 Å². The van der Waals surface area contributed by atoms with E-state index in [1.165, 1.54) is 0 Å². The maximum atomic E-state index is 11.6. The maximum Gasteiger partial charge on any atom is 0.272 e. The Morgan fingerprint density at radius 2 is 2.05 bits per heavy atom. The van der Waals surface area contributed by atoms with E-state index in [9.17, 15) is 13.0 Å². The molecule has 112 valence electrons. The van der Waals surface area contributed by atoms with Crippen LogP contribution in [0.3, 0.4) is 0 Å². The Bertz CT molecular complexity index is 543. The van der Waals surface area contributed by atoms with Gasteiger partial charge in [0.05, 0.1) is 13.2 Å². The third kappa shape index (κ3) is 4.43. The van der Waals surface area contributed by atoms with Gasteiger partial charge in [-0.25, -0.2) is 0 Å². The van der Waals surface area contributed by atoms with E-state index in [2.05, 4.69) is 4.90 Å². The number of rotatable bonds is 5. The Hall–Kier alpha value is -0.660. The van der Waals surface area contributed by atoms with Crippen LogP contribution in [0.5, 0.6) is 0 Å². The Labute approximate surface area is 124 Å². The van der Waals surface area contributed by atoms with Crippen molar-refractivity contribution >= 4 is 21.7 Å². The summed E-state index contributed by atoms with van der Waals surface area (Å²) in [4.78, 5) is 2.13. The molecule has 20 heavy (non-hydrogen) atoms.